The van der Waals surface area contributed by atoms with E-state index in [1.807, 2.05) is 0 Å². The van der Waals surface area contributed by atoms with Gasteiger partial charge in [-0.15, -0.1) is 0 Å². The number of sulfonamides is 2. The summed E-state index contributed by atoms with van der Waals surface area (Å²) in [5.41, 5.74) is 4.99. The Labute approximate surface area is 595 Å². The summed E-state index contributed by atoms with van der Waals surface area (Å²) in [6, 6.07) is 41.8. The summed E-state index contributed by atoms with van der Waals surface area (Å²) in [4.78, 5) is -2.19. The molecule has 0 saturated carbocycles. The molecule has 2 fully saturated rings. The van der Waals surface area contributed by atoms with Crippen LogP contribution in [0.25, 0.3) is 0 Å². The van der Waals surface area contributed by atoms with Crippen LogP contribution in [-0.4, -0.2) is 171 Å². The second-order valence-corrected chi connectivity index (χ2v) is 40.5. The number of hydrogen-bond acceptors (Lipinski definition) is 18. The molecule has 4 unspecified atom stereocenters. The van der Waals surface area contributed by atoms with Crippen LogP contribution in [0.15, 0.2) is 199 Å². The Hall–Kier alpha value is -6.08. The molecule has 2 saturated heterocycles. The first-order chi connectivity index (χ1) is 47.4. The maximum Gasteiger partial charge on any atom is 0.335 e. The lowest BCUT2D eigenvalue weighted by Gasteiger charge is -2.50. The molecule has 0 aromatic heterocycles. The number of hydrogen-bond donors (Lipinski definition) is 6. The first kappa shape index (κ1) is 78.1. The molecule has 2 heterocycles. The number of quaternary nitrogens is 2. The number of rotatable bonds is 18. The molecule has 6 N–H and O–H groups in total. The van der Waals surface area contributed by atoms with Crippen molar-refractivity contribution in [2.75, 3.05) is 105 Å². The standard InChI is InChI=1S/C74H100N8O12S6/c1-57-13-29-67(30-14-57)95(83,84)73(96(85,86)68-31-15-58(2)16-32-68)55-79-43-9-41-75-47-49-77-45-11-51-81(73,99(91,92)71-37-21-61(5)22-38-71)53-63(7)65-25-27-66(28-26-65)64(8)54-82(100(93,94)72-39-23-62(6)24-40-72)52-12-46-78-50-48-76-42-10-44-80-56-74(82,97(87,88)69-33-17-59(3)18-34-69)98(89,90)70-35-19-60(4)20-36-70/h13-40,63-64,75-80H,9-12,41-56H2,1-8H3/q+2. The summed E-state index contributed by atoms with van der Waals surface area (Å²) in [6.45, 7) is 13.6. The summed E-state index contributed by atoms with van der Waals surface area (Å²) < 4.78 is 193. The zero-order valence-electron chi connectivity index (χ0n) is 58.7. The Kier molecular flexibility index (Phi) is 25.2. The normalized spacial score (nSPS) is 21.0. The maximum atomic E-state index is 17.0. The van der Waals surface area contributed by atoms with Crippen LogP contribution in [0.5, 0.6) is 0 Å². The predicted octanol–water partition coefficient (Wildman–Crippen LogP) is 8.48. The van der Waals surface area contributed by atoms with Gasteiger partial charge < -0.3 is 31.9 Å². The molecule has 0 bridgehead atoms. The van der Waals surface area contributed by atoms with Crippen molar-refractivity contribution in [2.24, 2.45) is 0 Å². The van der Waals surface area contributed by atoms with E-state index in [2.05, 4.69) is 31.9 Å². The highest BCUT2D eigenvalue weighted by Gasteiger charge is 2.76. The smallest absolute Gasteiger partial charge is 0.315 e. The average Bonchev–Trinajstić information content (AvgIpc) is 0.680. The average molecular weight is 1490 g/mol. The van der Waals surface area contributed by atoms with Gasteiger partial charge in [0.25, 0.3) is 39.3 Å². The minimum atomic E-state index is -5.40. The van der Waals surface area contributed by atoms with E-state index in [0.29, 0.717) is 96.6 Å². The van der Waals surface area contributed by atoms with E-state index in [-0.39, 0.29) is 48.8 Å². The third kappa shape index (κ3) is 15.2. The van der Waals surface area contributed by atoms with Crippen molar-refractivity contribution in [1.29, 1.82) is 0 Å². The molecule has 7 aromatic rings. The fourth-order valence-corrected chi connectivity index (χ4v) is 31.1. The summed E-state index contributed by atoms with van der Waals surface area (Å²) in [7, 11) is -32.0. The Balaban J connectivity index is 1.30. The molecule has 100 heavy (non-hydrogen) atoms. The molecule has 26 heteroatoms. The van der Waals surface area contributed by atoms with Gasteiger partial charge in [0, 0.05) is 63.9 Å². The van der Waals surface area contributed by atoms with Crippen LogP contribution < -0.4 is 31.9 Å². The van der Waals surface area contributed by atoms with Gasteiger partial charge in [-0.1, -0.05) is 144 Å². The van der Waals surface area contributed by atoms with E-state index in [9.17, 15) is 0 Å². The molecule has 2 aliphatic rings. The number of sulfone groups is 4. The minimum absolute atomic E-state index is 0.0160. The van der Waals surface area contributed by atoms with E-state index in [1.165, 1.54) is 72.8 Å². The molecule has 0 amide bonds. The van der Waals surface area contributed by atoms with Crippen LogP contribution in [0.4, 0.5) is 0 Å². The number of aryl methyl sites for hydroxylation is 6. The molecule has 4 atom stereocenters. The van der Waals surface area contributed by atoms with Crippen LogP contribution >= 0.6 is 0 Å². The Bertz CT molecular complexity index is 4180. The lowest BCUT2D eigenvalue weighted by atomic mass is 9.94. The first-order valence-electron chi connectivity index (χ1n) is 34.4. The lowest BCUT2D eigenvalue weighted by Crippen LogP contribution is -2.77. The van der Waals surface area contributed by atoms with Crippen molar-refractivity contribution in [2.45, 2.75) is 131 Å². The van der Waals surface area contributed by atoms with E-state index in [1.54, 1.807) is 152 Å². The number of nitrogens with zero attached hydrogens (tertiary/aromatic N) is 2. The fourth-order valence-electron chi connectivity index (χ4n) is 14.1. The van der Waals surface area contributed by atoms with Gasteiger partial charge in [-0.2, -0.15) is 24.6 Å². The van der Waals surface area contributed by atoms with Gasteiger partial charge in [-0.05, 0) is 164 Å². The van der Waals surface area contributed by atoms with E-state index < -0.39 is 146 Å². The van der Waals surface area contributed by atoms with Crippen LogP contribution in [0.3, 0.4) is 0 Å². The molecule has 0 spiro atoms. The van der Waals surface area contributed by atoms with Crippen LogP contribution in [0.2, 0.25) is 0 Å². The minimum Gasteiger partial charge on any atom is -0.315 e. The molecule has 7 aromatic carbocycles. The molecule has 9 rings (SSSR count). The molecule has 542 valence electrons. The van der Waals surface area contributed by atoms with Crippen LogP contribution in [0, 0.1) is 41.5 Å². The Morgan fingerprint density at radius 2 is 0.500 bits per heavy atom. The topological polar surface area (TPSA) is 277 Å². The van der Waals surface area contributed by atoms with Crippen molar-refractivity contribution in [3.05, 3.63) is 214 Å². The second kappa shape index (κ2) is 32.3. The summed E-state index contributed by atoms with van der Waals surface area (Å²) in [5.74, 6) is -1.99. The number of benzene rings is 7. The summed E-state index contributed by atoms with van der Waals surface area (Å²) in [5, 5.41) is 20.0. The molecule has 0 radical (unpaired) electrons. The molecular weight excluding hydrogens is 1390 g/mol. The zero-order valence-corrected chi connectivity index (χ0v) is 63.6. The SMILES string of the molecule is Cc1ccc(S(=O)(=O)C2(S(=O)(=O)c3ccc(C)cc3)CNCCCNCCNCCC[N+]2(CC(C)c2ccc(C(C)C[N+]3(S(=O)(=O)c4ccc(C)cc4)CCCNCCNCCCNCC3(S(=O)(=O)c3ccc(C)cc3)S(=O)(=O)c3ccc(C)cc3)cc2)S(=O)(=O)c2ccc(C)cc2)cc1. The van der Waals surface area contributed by atoms with Crippen LogP contribution in [-0.2, 0) is 59.4 Å². The van der Waals surface area contributed by atoms with Crippen molar-refractivity contribution in [3.8, 4) is 0 Å². The third-order valence-corrected chi connectivity index (χ3v) is 36.7. The van der Waals surface area contributed by atoms with Gasteiger partial charge in [0.15, 0.2) is 0 Å². The van der Waals surface area contributed by atoms with E-state index in [4.69, 9.17) is 0 Å². The van der Waals surface area contributed by atoms with Gasteiger partial charge in [-0.25, -0.2) is 33.7 Å². The van der Waals surface area contributed by atoms with E-state index in [0.717, 1.165) is 0 Å². The fraction of sp³-hybridized carbons (Fsp3) is 0.432. The number of nitrogens with one attached hydrogen (secondary N) is 6. The molecule has 2 aliphatic heterocycles. The van der Waals surface area contributed by atoms with Crippen molar-refractivity contribution in [3.63, 3.8) is 0 Å². The van der Waals surface area contributed by atoms with Gasteiger partial charge in [-0.3, -0.25) is 0 Å². The molecule has 0 aliphatic carbocycles. The highest BCUT2D eigenvalue weighted by Crippen LogP contribution is 2.52. The van der Waals surface area contributed by atoms with E-state index >= 15 is 50.5 Å². The molecular formula is C74H100N8O12S6+2. The largest absolute Gasteiger partial charge is 0.335 e. The van der Waals surface area contributed by atoms with Crippen LogP contribution in [0.1, 0.15) is 95.9 Å². The maximum absolute atomic E-state index is 17.0. The predicted molar refractivity (Wildman–Crippen MR) is 395 cm³/mol. The van der Waals surface area contributed by atoms with Crippen molar-refractivity contribution in [1.82, 2.24) is 31.9 Å². The lowest BCUT2D eigenvalue weighted by molar-refractivity contribution is -0.829. The highest BCUT2D eigenvalue weighted by molar-refractivity contribution is 8.11. The van der Waals surface area contributed by atoms with Gasteiger partial charge >= 0.3 is 28.5 Å². The monoisotopic (exact) mass is 1480 g/mol. The third-order valence-electron chi connectivity index (χ3n) is 19.8. The zero-order chi connectivity index (χ0) is 72.4. The van der Waals surface area contributed by atoms with Crippen molar-refractivity contribution < 1.29 is 58.3 Å². The Morgan fingerprint density at radius 3 is 0.740 bits per heavy atom. The molecule has 20 nitrogen and oxygen atoms in total. The van der Waals surface area contributed by atoms with Crippen molar-refractivity contribution >= 4 is 59.4 Å². The quantitative estimate of drug-likeness (QED) is 0.0439. The summed E-state index contributed by atoms with van der Waals surface area (Å²) >= 11 is 0. The van der Waals surface area contributed by atoms with Gasteiger partial charge in [0.05, 0.1) is 45.8 Å². The first-order valence-corrected chi connectivity index (χ1v) is 43.2. The summed E-state index contributed by atoms with van der Waals surface area (Å²) in [6.07, 6.45) is 0.816. The van der Waals surface area contributed by atoms with Gasteiger partial charge in [0.2, 0.25) is 0 Å². The highest BCUT2D eigenvalue weighted by atomic mass is 32.3. The second-order valence-electron chi connectivity index (χ2n) is 27.1. The van der Waals surface area contributed by atoms with Gasteiger partial charge in [0.1, 0.15) is 22.9 Å². The Morgan fingerprint density at radius 1 is 0.290 bits per heavy atom.